The van der Waals surface area contributed by atoms with Crippen LogP contribution in [0.2, 0.25) is 5.02 Å². The van der Waals surface area contributed by atoms with E-state index in [9.17, 15) is 0 Å². The predicted molar refractivity (Wildman–Crippen MR) is 105 cm³/mol. The molecule has 0 aliphatic rings. The summed E-state index contributed by atoms with van der Waals surface area (Å²) in [6, 6.07) is 11.8. The molecule has 0 saturated heterocycles. The van der Waals surface area contributed by atoms with E-state index in [0.717, 1.165) is 44.1 Å². The molecule has 0 bridgehead atoms. The van der Waals surface area contributed by atoms with E-state index in [2.05, 4.69) is 15.1 Å². The first-order valence-corrected chi connectivity index (χ1v) is 8.91. The highest BCUT2D eigenvalue weighted by Gasteiger charge is 2.12. The average Bonchev–Trinajstić information content (AvgIpc) is 3.30. The van der Waals surface area contributed by atoms with Crippen molar-refractivity contribution in [3.63, 3.8) is 0 Å². The van der Waals surface area contributed by atoms with Crippen molar-refractivity contribution < 1.29 is 0 Å². The number of pyridine rings is 1. The molecule has 132 valence electrons. The van der Waals surface area contributed by atoms with Crippen molar-refractivity contribution in [3.8, 4) is 11.3 Å². The smallest absolute Gasteiger partial charge is 0.153 e. The van der Waals surface area contributed by atoms with Crippen LogP contribution in [0, 0.1) is 0 Å². The van der Waals surface area contributed by atoms with Gasteiger partial charge in [-0.3, -0.25) is 9.67 Å². The van der Waals surface area contributed by atoms with Gasteiger partial charge >= 0.3 is 0 Å². The van der Waals surface area contributed by atoms with Crippen LogP contribution in [0.15, 0.2) is 61.2 Å². The van der Waals surface area contributed by atoms with E-state index in [-0.39, 0.29) is 0 Å². The largest absolute Gasteiger partial charge is 0.275 e. The van der Waals surface area contributed by atoms with Gasteiger partial charge in [-0.05, 0) is 35.9 Å². The molecule has 4 aromatic heterocycles. The van der Waals surface area contributed by atoms with Crippen molar-refractivity contribution in [1.82, 2.24) is 29.4 Å². The van der Waals surface area contributed by atoms with Crippen LogP contribution in [-0.2, 0) is 13.5 Å². The van der Waals surface area contributed by atoms with Crippen molar-refractivity contribution in [3.05, 3.63) is 77.5 Å². The summed E-state index contributed by atoms with van der Waals surface area (Å²) in [7, 11) is 1.89. The standard InChI is InChI=1S/C20H15ClN6/c1-26-12-14(10-24-26)17-6-7-19-23-11-15(27(19)25-17)9-13-4-5-18-16(20(13)21)3-2-8-22-18/h2-8,10-12H,9H2,1H3. The van der Waals surface area contributed by atoms with E-state index in [1.54, 1.807) is 17.1 Å². The van der Waals surface area contributed by atoms with Crippen molar-refractivity contribution in [2.45, 2.75) is 6.42 Å². The number of aryl methyl sites for hydroxylation is 1. The molecule has 0 saturated carbocycles. The van der Waals surface area contributed by atoms with Gasteiger partial charge in [0.1, 0.15) is 0 Å². The second-order valence-electron chi connectivity index (χ2n) is 6.43. The third-order valence-corrected chi connectivity index (χ3v) is 5.05. The van der Waals surface area contributed by atoms with Crippen LogP contribution in [0.25, 0.3) is 27.8 Å². The number of halogens is 1. The van der Waals surface area contributed by atoms with E-state index >= 15 is 0 Å². The van der Waals surface area contributed by atoms with E-state index < -0.39 is 0 Å². The molecule has 6 nitrogen and oxygen atoms in total. The zero-order chi connectivity index (χ0) is 18.4. The van der Waals surface area contributed by atoms with Gasteiger partial charge in [0, 0.05) is 36.8 Å². The number of imidazole rings is 1. The molecular formula is C20H15ClN6. The molecule has 5 aromatic rings. The molecular weight excluding hydrogens is 360 g/mol. The molecule has 0 aliphatic carbocycles. The lowest BCUT2D eigenvalue weighted by atomic mass is 10.1. The highest BCUT2D eigenvalue weighted by atomic mass is 35.5. The van der Waals surface area contributed by atoms with Gasteiger partial charge in [0.05, 0.1) is 34.3 Å². The number of hydrogen-bond acceptors (Lipinski definition) is 4. The lowest BCUT2D eigenvalue weighted by Crippen LogP contribution is -2.00. The summed E-state index contributed by atoms with van der Waals surface area (Å²) in [5.41, 5.74) is 5.50. The van der Waals surface area contributed by atoms with Gasteiger partial charge in [0.15, 0.2) is 5.65 Å². The van der Waals surface area contributed by atoms with Gasteiger partial charge in [0.2, 0.25) is 0 Å². The van der Waals surface area contributed by atoms with Gasteiger partial charge in [-0.15, -0.1) is 0 Å². The van der Waals surface area contributed by atoms with Crippen molar-refractivity contribution in [2.24, 2.45) is 7.05 Å². The zero-order valence-electron chi connectivity index (χ0n) is 14.5. The normalized spacial score (nSPS) is 11.5. The van der Waals surface area contributed by atoms with E-state index in [1.165, 1.54) is 0 Å². The Bertz CT molecular complexity index is 1290. The first kappa shape index (κ1) is 16.0. The molecule has 0 spiro atoms. The number of hydrogen-bond donors (Lipinski definition) is 0. The number of rotatable bonds is 3. The number of benzene rings is 1. The summed E-state index contributed by atoms with van der Waals surface area (Å²) >= 11 is 6.64. The third-order valence-electron chi connectivity index (χ3n) is 4.60. The predicted octanol–water partition coefficient (Wildman–Crippen LogP) is 3.92. The molecule has 0 atom stereocenters. The lowest BCUT2D eigenvalue weighted by molar-refractivity contribution is 0.768. The Morgan fingerprint density at radius 2 is 1.96 bits per heavy atom. The molecule has 27 heavy (non-hydrogen) atoms. The molecule has 0 radical (unpaired) electrons. The minimum Gasteiger partial charge on any atom is -0.275 e. The van der Waals surface area contributed by atoms with Crippen LogP contribution in [0.4, 0.5) is 0 Å². The maximum absolute atomic E-state index is 6.64. The summed E-state index contributed by atoms with van der Waals surface area (Å²) in [6.45, 7) is 0. The number of fused-ring (bicyclic) bond motifs is 2. The summed E-state index contributed by atoms with van der Waals surface area (Å²) < 4.78 is 3.63. The maximum atomic E-state index is 6.64. The van der Waals surface area contributed by atoms with Gasteiger partial charge in [-0.2, -0.15) is 10.2 Å². The number of aromatic nitrogens is 6. The van der Waals surface area contributed by atoms with Gasteiger partial charge in [0.25, 0.3) is 0 Å². The molecule has 0 N–H and O–H groups in total. The summed E-state index contributed by atoms with van der Waals surface area (Å²) in [5.74, 6) is 0. The van der Waals surface area contributed by atoms with Crippen LogP contribution >= 0.6 is 11.6 Å². The highest BCUT2D eigenvalue weighted by Crippen LogP contribution is 2.28. The van der Waals surface area contributed by atoms with Crippen LogP contribution < -0.4 is 0 Å². The molecule has 0 amide bonds. The Hall–Kier alpha value is -3.25. The topological polar surface area (TPSA) is 60.9 Å². The summed E-state index contributed by atoms with van der Waals surface area (Å²) in [5, 5.41) is 10.6. The first-order valence-electron chi connectivity index (χ1n) is 8.54. The van der Waals surface area contributed by atoms with E-state index in [4.69, 9.17) is 16.7 Å². The second-order valence-corrected chi connectivity index (χ2v) is 6.80. The zero-order valence-corrected chi connectivity index (χ0v) is 15.3. The Balaban J connectivity index is 1.58. The highest BCUT2D eigenvalue weighted by molar-refractivity contribution is 6.36. The maximum Gasteiger partial charge on any atom is 0.153 e. The Labute approximate surface area is 160 Å². The molecule has 4 heterocycles. The Morgan fingerprint density at radius 1 is 1.04 bits per heavy atom. The van der Waals surface area contributed by atoms with Crippen LogP contribution in [-0.4, -0.2) is 29.4 Å². The van der Waals surface area contributed by atoms with Crippen molar-refractivity contribution >= 4 is 28.2 Å². The van der Waals surface area contributed by atoms with Crippen LogP contribution in [0.5, 0.6) is 0 Å². The van der Waals surface area contributed by atoms with Gasteiger partial charge in [-0.25, -0.2) is 9.50 Å². The Kier molecular flexibility index (Phi) is 3.65. The SMILES string of the molecule is Cn1cc(-c2ccc3ncc(Cc4ccc5ncccc5c4Cl)n3n2)cn1. The minimum absolute atomic E-state index is 0.633. The second kappa shape index (κ2) is 6.17. The minimum atomic E-state index is 0.633. The molecule has 7 heteroatoms. The number of nitrogens with zero attached hydrogens (tertiary/aromatic N) is 6. The molecule has 1 aromatic carbocycles. The summed E-state index contributed by atoms with van der Waals surface area (Å²) in [6.07, 6.45) is 8.00. The quantitative estimate of drug-likeness (QED) is 0.480. The van der Waals surface area contributed by atoms with Crippen LogP contribution in [0.3, 0.4) is 0 Å². The third kappa shape index (κ3) is 2.74. The van der Waals surface area contributed by atoms with Crippen molar-refractivity contribution in [2.75, 3.05) is 0 Å². The monoisotopic (exact) mass is 374 g/mol. The fraction of sp³-hybridized carbons (Fsp3) is 0.100. The van der Waals surface area contributed by atoms with E-state index in [0.29, 0.717) is 6.42 Å². The van der Waals surface area contributed by atoms with E-state index in [1.807, 2.05) is 60.4 Å². The summed E-state index contributed by atoms with van der Waals surface area (Å²) in [4.78, 5) is 8.83. The van der Waals surface area contributed by atoms with Crippen LogP contribution in [0.1, 0.15) is 11.3 Å². The first-order chi connectivity index (χ1) is 13.2. The fourth-order valence-corrected chi connectivity index (χ4v) is 3.53. The molecule has 5 rings (SSSR count). The van der Waals surface area contributed by atoms with Gasteiger partial charge in [-0.1, -0.05) is 17.7 Å². The fourth-order valence-electron chi connectivity index (χ4n) is 3.24. The van der Waals surface area contributed by atoms with Gasteiger partial charge < -0.3 is 0 Å². The lowest BCUT2D eigenvalue weighted by Gasteiger charge is -2.07. The molecule has 0 fully saturated rings. The average molecular weight is 375 g/mol. The molecule has 0 aliphatic heterocycles. The van der Waals surface area contributed by atoms with Crippen molar-refractivity contribution in [1.29, 1.82) is 0 Å². The molecule has 0 unspecified atom stereocenters. The Morgan fingerprint density at radius 3 is 2.81 bits per heavy atom.